The minimum atomic E-state index is -1.31. The van der Waals surface area contributed by atoms with Crippen molar-refractivity contribution in [2.24, 2.45) is 0 Å². The number of para-hydroxylation sites is 1. The fourth-order valence-corrected chi connectivity index (χ4v) is 4.13. The number of phenolic OH excluding ortho intramolecular Hbond substituents is 2. The average molecular weight is 558 g/mol. The van der Waals surface area contributed by atoms with Crippen LogP contribution in [0.2, 0.25) is 0 Å². The highest BCUT2D eigenvalue weighted by Gasteiger charge is 2.36. The molecule has 2 atom stereocenters. The van der Waals surface area contributed by atoms with E-state index in [0.717, 1.165) is 10.5 Å². The first kappa shape index (κ1) is 30.6. The zero-order chi connectivity index (χ0) is 30.3. The molecule has 0 aliphatic heterocycles. The number of anilines is 1. The quantitative estimate of drug-likeness (QED) is 0.229. The van der Waals surface area contributed by atoms with Gasteiger partial charge in [0.25, 0.3) is 11.8 Å². The highest BCUT2D eigenvalue weighted by molar-refractivity contribution is 6.00. The number of alkyl carbamates (subject to hydrolysis) is 1. The Bertz CT molecular complexity index is 1450. The summed E-state index contributed by atoms with van der Waals surface area (Å²) < 4.78 is 5.38. The SMILES string of the molecule is C#CN(C(=O)C(Cc1ccc(O)cc1)NC(=O)OC(C)(C)C)C(C(=O)Nc1ccccc1C)c1ccc(O)c(C)c1. The molecule has 0 radical (unpaired) electrons. The monoisotopic (exact) mass is 557 g/mol. The van der Waals surface area contributed by atoms with Gasteiger partial charge in [-0.05, 0) is 87.2 Å². The summed E-state index contributed by atoms with van der Waals surface area (Å²) in [5, 5.41) is 25.2. The number of terminal acetylenes is 1. The van der Waals surface area contributed by atoms with Crippen LogP contribution >= 0.6 is 0 Å². The number of carbonyl (C=O) groups excluding carboxylic acids is 3. The number of benzene rings is 3. The van der Waals surface area contributed by atoms with Crippen molar-refractivity contribution in [3.05, 3.63) is 89.0 Å². The van der Waals surface area contributed by atoms with Crippen LogP contribution in [-0.2, 0) is 20.7 Å². The van der Waals surface area contributed by atoms with E-state index in [1.54, 1.807) is 58.0 Å². The Morgan fingerprint density at radius 3 is 2.22 bits per heavy atom. The third kappa shape index (κ3) is 8.26. The van der Waals surface area contributed by atoms with Crippen LogP contribution in [0.1, 0.15) is 49.1 Å². The van der Waals surface area contributed by atoms with Crippen molar-refractivity contribution >= 4 is 23.6 Å². The fraction of sp³-hybridized carbons (Fsp3) is 0.281. The van der Waals surface area contributed by atoms with E-state index in [2.05, 4.69) is 16.7 Å². The van der Waals surface area contributed by atoms with Crippen molar-refractivity contribution in [1.29, 1.82) is 0 Å². The smallest absolute Gasteiger partial charge is 0.408 e. The van der Waals surface area contributed by atoms with Crippen LogP contribution in [0.3, 0.4) is 0 Å². The summed E-state index contributed by atoms with van der Waals surface area (Å²) in [6, 6.07) is 17.6. The minimum Gasteiger partial charge on any atom is -0.508 e. The number of amides is 3. The summed E-state index contributed by atoms with van der Waals surface area (Å²) in [7, 11) is 0. The second-order valence-electron chi connectivity index (χ2n) is 10.7. The molecule has 9 heteroatoms. The molecule has 3 aromatic rings. The summed E-state index contributed by atoms with van der Waals surface area (Å²) in [5.41, 5.74) is 1.97. The van der Waals surface area contributed by atoms with Crippen LogP contribution in [0.5, 0.6) is 11.5 Å². The topological polar surface area (TPSA) is 128 Å². The van der Waals surface area contributed by atoms with Crippen LogP contribution in [0.15, 0.2) is 66.7 Å². The van der Waals surface area contributed by atoms with Crippen molar-refractivity contribution in [3.8, 4) is 24.0 Å². The van der Waals surface area contributed by atoms with E-state index in [1.165, 1.54) is 24.3 Å². The molecule has 0 heterocycles. The summed E-state index contributed by atoms with van der Waals surface area (Å²) >= 11 is 0. The number of hydrogen-bond donors (Lipinski definition) is 4. The minimum absolute atomic E-state index is 0.00270. The first-order chi connectivity index (χ1) is 19.3. The summed E-state index contributed by atoms with van der Waals surface area (Å²) in [6.07, 6.45) is 5.03. The van der Waals surface area contributed by atoms with Gasteiger partial charge in [-0.2, -0.15) is 0 Å². The molecule has 0 spiro atoms. The molecule has 214 valence electrons. The molecule has 3 amide bonds. The average Bonchev–Trinajstić information content (AvgIpc) is 2.89. The van der Waals surface area contributed by atoms with Crippen LogP contribution < -0.4 is 10.6 Å². The lowest BCUT2D eigenvalue weighted by Gasteiger charge is -2.31. The van der Waals surface area contributed by atoms with Gasteiger partial charge in [-0.1, -0.05) is 42.8 Å². The van der Waals surface area contributed by atoms with Crippen LogP contribution in [0.25, 0.3) is 0 Å². The standard InChI is InChI=1S/C32H35N3O6/c1-7-35(30(39)26(34-31(40)41-32(4,5)6)19-22-12-15-24(36)16-13-22)28(23-14-17-27(37)21(3)18-23)29(38)33-25-11-9-8-10-20(25)2/h1,8-18,26,28,36-37H,19H2,2-6H3,(H,33,38)(H,34,40). The predicted molar refractivity (Wildman–Crippen MR) is 156 cm³/mol. The largest absolute Gasteiger partial charge is 0.508 e. The van der Waals surface area contributed by atoms with Gasteiger partial charge in [0, 0.05) is 18.2 Å². The van der Waals surface area contributed by atoms with Gasteiger partial charge in [0.2, 0.25) is 0 Å². The van der Waals surface area contributed by atoms with Gasteiger partial charge in [0.05, 0.1) is 0 Å². The summed E-state index contributed by atoms with van der Waals surface area (Å²) in [6.45, 7) is 8.56. The number of rotatable bonds is 8. The number of aromatic hydroxyl groups is 2. The zero-order valence-corrected chi connectivity index (χ0v) is 23.8. The molecule has 0 aliphatic rings. The van der Waals surface area contributed by atoms with Crippen molar-refractivity contribution in [3.63, 3.8) is 0 Å². The van der Waals surface area contributed by atoms with Crippen molar-refractivity contribution in [1.82, 2.24) is 10.2 Å². The molecule has 9 nitrogen and oxygen atoms in total. The lowest BCUT2D eigenvalue weighted by molar-refractivity contribution is -0.136. The molecule has 0 bridgehead atoms. The Morgan fingerprint density at radius 1 is 0.976 bits per heavy atom. The molecular weight excluding hydrogens is 522 g/mol. The lowest BCUT2D eigenvalue weighted by atomic mass is 9.99. The first-order valence-electron chi connectivity index (χ1n) is 13.0. The van der Waals surface area contributed by atoms with Crippen LogP contribution in [0, 0.1) is 26.3 Å². The van der Waals surface area contributed by atoms with Crippen molar-refractivity contribution in [2.45, 2.75) is 58.7 Å². The number of nitrogens with one attached hydrogen (secondary N) is 2. The first-order valence-corrected chi connectivity index (χ1v) is 13.0. The Hall–Kier alpha value is -4.97. The van der Waals surface area contributed by atoms with Crippen LogP contribution in [-0.4, -0.2) is 44.7 Å². The molecule has 3 rings (SSSR count). The summed E-state index contributed by atoms with van der Waals surface area (Å²) in [5.74, 6) is -1.27. The van der Waals surface area contributed by atoms with Gasteiger partial charge in [-0.25, -0.2) is 4.79 Å². The molecule has 0 saturated carbocycles. The lowest BCUT2D eigenvalue weighted by Crippen LogP contribution is -2.51. The Balaban J connectivity index is 2.04. The number of carbonyl (C=O) groups is 3. The molecule has 2 unspecified atom stereocenters. The maximum atomic E-state index is 14.1. The van der Waals surface area contributed by atoms with Gasteiger partial charge in [0.1, 0.15) is 29.2 Å². The second-order valence-corrected chi connectivity index (χ2v) is 10.7. The van der Waals surface area contributed by atoms with Crippen LogP contribution in [0.4, 0.5) is 10.5 Å². The van der Waals surface area contributed by atoms with E-state index >= 15 is 0 Å². The van der Waals surface area contributed by atoms with Gasteiger partial charge in [-0.15, -0.1) is 0 Å². The maximum Gasteiger partial charge on any atom is 0.408 e. The molecule has 3 aromatic carbocycles. The van der Waals surface area contributed by atoms with E-state index in [4.69, 9.17) is 11.2 Å². The molecule has 0 fully saturated rings. The van der Waals surface area contributed by atoms with E-state index in [1.807, 2.05) is 19.1 Å². The second kappa shape index (κ2) is 12.9. The van der Waals surface area contributed by atoms with E-state index in [0.29, 0.717) is 22.4 Å². The van der Waals surface area contributed by atoms with Gasteiger partial charge in [0.15, 0.2) is 0 Å². The highest BCUT2D eigenvalue weighted by atomic mass is 16.6. The van der Waals surface area contributed by atoms with Crippen molar-refractivity contribution in [2.75, 3.05) is 5.32 Å². The number of ether oxygens (including phenoxy) is 1. The third-order valence-corrected chi connectivity index (χ3v) is 6.19. The fourth-order valence-electron chi connectivity index (χ4n) is 4.13. The highest BCUT2D eigenvalue weighted by Crippen LogP contribution is 2.28. The van der Waals surface area contributed by atoms with E-state index < -0.39 is 35.6 Å². The Morgan fingerprint density at radius 2 is 1.63 bits per heavy atom. The van der Waals surface area contributed by atoms with Gasteiger partial charge in [-0.3, -0.25) is 14.5 Å². The molecule has 41 heavy (non-hydrogen) atoms. The van der Waals surface area contributed by atoms with Gasteiger partial charge >= 0.3 is 6.09 Å². The molecular formula is C32H35N3O6. The zero-order valence-electron chi connectivity index (χ0n) is 23.8. The number of aryl methyl sites for hydroxylation is 2. The van der Waals surface area contributed by atoms with E-state index in [-0.39, 0.29) is 17.9 Å². The molecule has 0 saturated heterocycles. The third-order valence-electron chi connectivity index (χ3n) is 6.19. The number of hydrogen-bond acceptors (Lipinski definition) is 6. The number of nitrogens with zero attached hydrogens (tertiary/aromatic N) is 1. The Labute approximate surface area is 240 Å². The summed E-state index contributed by atoms with van der Waals surface area (Å²) in [4.78, 5) is 41.6. The maximum absolute atomic E-state index is 14.1. The van der Waals surface area contributed by atoms with Gasteiger partial charge < -0.3 is 25.6 Å². The van der Waals surface area contributed by atoms with Crippen molar-refractivity contribution < 1.29 is 29.3 Å². The predicted octanol–water partition coefficient (Wildman–Crippen LogP) is 4.95. The van der Waals surface area contributed by atoms with E-state index in [9.17, 15) is 24.6 Å². The number of phenols is 2. The molecule has 4 N–H and O–H groups in total. The Kier molecular flexibility index (Phi) is 9.63. The molecule has 0 aromatic heterocycles. The normalized spacial score (nSPS) is 12.4. The molecule has 0 aliphatic carbocycles.